The van der Waals surface area contributed by atoms with Gasteiger partial charge in [0.05, 0.1) is 24.4 Å². The number of nitrogens with zero attached hydrogens (tertiary/aromatic N) is 1. The molecule has 0 atom stereocenters. The third-order valence-corrected chi connectivity index (χ3v) is 4.29. The minimum absolute atomic E-state index is 0.201. The van der Waals surface area contributed by atoms with Crippen molar-refractivity contribution < 1.29 is 23.8 Å². The van der Waals surface area contributed by atoms with Crippen LogP contribution in [0.25, 0.3) is 0 Å². The molecule has 1 N–H and O–H groups in total. The van der Waals surface area contributed by atoms with Crippen molar-refractivity contribution in [3.63, 3.8) is 0 Å². The zero-order valence-electron chi connectivity index (χ0n) is 16.8. The second-order valence-electron chi connectivity index (χ2n) is 7.62. The lowest BCUT2D eigenvalue weighted by molar-refractivity contribution is -0.136. The maximum Gasteiger partial charge on any atom is 0.253 e. The standard InChI is InChI=1S/C19H34N2O5/c1-18(2,8-13-24-5)25-14-9-19(3,4)26-15-11-20-10-12-21-16(22)6-7-17(21)23/h6-7,20H,8-15H2,1-5H3. The summed E-state index contributed by atoms with van der Waals surface area (Å²) in [5, 5.41) is 3.19. The molecule has 0 bridgehead atoms. The molecular weight excluding hydrogens is 336 g/mol. The molecule has 0 aromatic heterocycles. The van der Waals surface area contributed by atoms with Crippen LogP contribution < -0.4 is 5.32 Å². The Hall–Kier alpha value is -1.28. The van der Waals surface area contributed by atoms with Crippen molar-refractivity contribution >= 4 is 11.8 Å². The van der Waals surface area contributed by atoms with E-state index in [-0.39, 0.29) is 23.0 Å². The minimum Gasteiger partial charge on any atom is -0.385 e. The summed E-state index contributed by atoms with van der Waals surface area (Å²) in [6, 6.07) is 0. The lowest BCUT2D eigenvalue weighted by atomic mass is 10.0. The molecule has 7 nitrogen and oxygen atoms in total. The predicted octanol–water partition coefficient (Wildman–Crippen LogP) is 1.52. The highest BCUT2D eigenvalue weighted by Gasteiger charge is 2.23. The largest absolute Gasteiger partial charge is 0.385 e. The Balaban J connectivity index is 2.09. The molecule has 1 rings (SSSR count). The van der Waals surface area contributed by atoms with Gasteiger partial charge < -0.3 is 19.5 Å². The van der Waals surface area contributed by atoms with Gasteiger partial charge in [-0.1, -0.05) is 0 Å². The van der Waals surface area contributed by atoms with Gasteiger partial charge in [-0.05, 0) is 40.5 Å². The number of hydrogen-bond acceptors (Lipinski definition) is 6. The Kier molecular flexibility index (Phi) is 9.43. The molecule has 150 valence electrons. The van der Waals surface area contributed by atoms with Crippen LogP contribution in [0.4, 0.5) is 0 Å². The maximum absolute atomic E-state index is 11.4. The first-order valence-electron chi connectivity index (χ1n) is 9.18. The summed E-state index contributed by atoms with van der Waals surface area (Å²) in [7, 11) is 1.69. The lowest BCUT2D eigenvalue weighted by Crippen LogP contribution is -2.38. The molecule has 0 spiro atoms. The van der Waals surface area contributed by atoms with Crippen molar-refractivity contribution in [1.29, 1.82) is 0 Å². The maximum atomic E-state index is 11.4. The molecule has 0 aromatic rings. The SMILES string of the molecule is COCCC(C)(C)OCCC(C)(C)OCCNCCN1C(=O)C=CC1=O. The topological polar surface area (TPSA) is 77.1 Å². The number of imide groups is 1. The molecule has 7 heteroatoms. The van der Waals surface area contributed by atoms with Crippen molar-refractivity contribution in [2.24, 2.45) is 0 Å². The zero-order chi connectivity index (χ0) is 19.6. The van der Waals surface area contributed by atoms with E-state index in [1.54, 1.807) is 7.11 Å². The first kappa shape index (κ1) is 22.8. The average Bonchev–Trinajstić information content (AvgIpc) is 2.87. The molecule has 0 saturated carbocycles. The van der Waals surface area contributed by atoms with Crippen molar-refractivity contribution in [2.75, 3.05) is 46.6 Å². The molecule has 0 saturated heterocycles. The zero-order valence-corrected chi connectivity index (χ0v) is 16.8. The number of methoxy groups -OCH3 is 1. The van der Waals surface area contributed by atoms with Crippen molar-refractivity contribution in [1.82, 2.24) is 10.2 Å². The van der Waals surface area contributed by atoms with Crippen molar-refractivity contribution in [3.05, 3.63) is 12.2 Å². The molecule has 1 aliphatic heterocycles. The van der Waals surface area contributed by atoms with Crippen LogP contribution in [-0.2, 0) is 23.8 Å². The summed E-state index contributed by atoms with van der Waals surface area (Å²) in [6.07, 6.45) is 4.25. The summed E-state index contributed by atoms with van der Waals surface area (Å²) in [6.45, 7) is 11.7. The number of nitrogens with one attached hydrogen (secondary N) is 1. The molecule has 0 unspecified atom stereocenters. The number of carbonyl (C=O) groups excluding carboxylic acids is 2. The number of rotatable bonds is 14. The summed E-state index contributed by atoms with van der Waals surface area (Å²) in [5.41, 5.74) is -0.475. The van der Waals surface area contributed by atoms with E-state index in [1.807, 2.05) is 13.8 Å². The summed E-state index contributed by atoms with van der Waals surface area (Å²) < 4.78 is 17.0. The van der Waals surface area contributed by atoms with Gasteiger partial charge in [-0.2, -0.15) is 0 Å². The Morgan fingerprint density at radius 2 is 1.42 bits per heavy atom. The molecule has 1 heterocycles. The average molecular weight is 370 g/mol. The normalized spacial score (nSPS) is 15.3. The Morgan fingerprint density at radius 1 is 0.885 bits per heavy atom. The van der Waals surface area contributed by atoms with Gasteiger partial charge in [0.25, 0.3) is 11.8 Å². The number of hydrogen-bond donors (Lipinski definition) is 1. The van der Waals surface area contributed by atoms with Gasteiger partial charge in [0.2, 0.25) is 0 Å². The van der Waals surface area contributed by atoms with Crippen LogP contribution in [-0.4, -0.2) is 74.5 Å². The smallest absolute Gasteiger partial charge is 0.253 e. The van der Waals surface area contributed by atoms with Crippen LogP contribution in [0.1, 0.15) is 40.5 Å². The fourth-order valence-electron chi connectivity index (χ4n) is 2.43. The molecule has 0 aromatic carbocycles. The molecular formula is C19H34N2O5. The van der Waals surface area contributed by atoms with Gasteiger partial charge in [0, 0.05) is 45.5 Å². The highest BCUT2D eigenvalue weighted by atomic mass is 16.5. The third-order valence-electron chi connectivity index (χ3n) is 4.29. The van der Waals surface area contributed by atoms with E-state index in [0.717, 1.165) is 12.8 Å². The second kappa shape index (κ2) is 10.8. The van der Waals surface area contributed by atoms with Crippen LogP contribution in [0, 0.1) is 0 Å². The minimum atomic E-state index is -0.274. The highest BCUT2D eigenvalue weighted by Crippen LogP contribution is 2.19. The molecule has 2 amide bonds. The Bertz CT molecular complexity index is 470. The van der Waals surface area contributed by atoms with Gasteiger partial charge in [0.15, 0.2) is 0 Å². The third kappa shape index (κ3) is 8.89. The van der Waals surface area contributed by atoms with Gasteiger partial charge >= 0.3 is 0 Å². The molecule has 0 radical (unpaired) electrons. The van der Waals surface area contributed by atoms with Gasteiger partial charge in [-0.3, -0.25) is 14.5 Å². The van der Waals surface area contributed by atoms with Crippen LogP contribution in [0.5, 0.6) is 0 Å². The Morgan fingerprint density at radius 3 is 2.00 bits per heavy atom. The first-order chi connectivity index (χ1) is 12.2. The second-order valence-corrected chi connectivity index (χ2v) is 7.62. The summed E-state index contributed by atoms with van der Waals surface area (Å²) in [4.78, 5) is 24.0. The fraction of sp³-hybridized carbons (Fsp3) is 0.789. The van der Waals surface area contributed by atoms with Crippen LogP contribution in [0.2, 0.25) is 0 Å². The number of amides is 2. The van der Waals surface area contributed by atoms with Gasteiger partial charge in [0.1, 0.15) is 0 Å². The first-order valence-corrected chi connectivity index (χ1v) is 9.18. The van der Waals surface area contributed by atoms with E-state index in [1.165, 1.54) is 17.1 Å². The monoisotopic (exact) mass is 370 g/mol. The van der Waals surface area contributed by atoms with Crippen LogP contribution in [0.15, 0.2) is 12.2 Å². The van der Waals surface area contributed by atoms with E-state index in [0.29, 0.717) is 39.5 Å². The number of carbonyl (C=O) groups is 2. The molecule has 1 aliphatic rings. The molecule has 0 aliphatic carbocycles. The van der Waals surface area contributed by atoms with E-state index in [2.05, 4.69) is 19.2 Å². The summed E-state index contributed by atoms with van der Waals surface area (Å²) in [5.74, 6) is -0.495. The molecule has 26 heavy (non-hydrogen) atoms. The van der Waals surface area contributed by atoms with Crippen molar-refractivity contribution in [3.8, 4) is 0 Å². The van der Waals surface area contributed by atoms with E-state index < -0.39 is 0 Å². The van der Waals surface area contributed by atoms with Gasteiger partial charge in [-0.15, -0.1) is 0 Å². The molecule has 0 fully saturated rings. The van der Waals surface area contributed by atoms with E-state index in [9.17, 15) is 9.59 Å². The summed E-state index contributed by atoms with van der Waals surface area (Å²) >= 11 is 0. The lowest BCUT2D eigenvalue weighted by Gasteiger charge is -2.29. The van der Waals surface area contributed by atoms with Crippen molar-refractivity contribution in [2.45, 2.75) is 51.7 Å². The number of ether oxygens (including phenoxy) is 3. The van der Waals surface area contributed by atoms with Crippen LogP contribution >= 0.6 is 0 Å². The predicted molar refractivity (Wildman–Crippen MR) is 99.9 cm³/mol. The van der Waals surface area contributed by atoms with Gasteiger partial charge in [-0.25, -0.2) is 0 Å². The fourth-order valence-corrected chi connectivity index (χ4v) is 2.43. The Labute approximate surface area is 157 Å². The highest BCUT2D eigenvalue weighted by molar-refractivity contribution is 6.12. The quantitative estimate of drug-likeness (QED) is 0.369. The van der Waals surface area contributed by atoms with E-state index >= 15 is 0 Å². The van der Waals surface area contributed by atoms with E-state index in [4.69, 9.17) is 14.2 Å². The van der Waals surface area contributed by atoms with Crippen LogP contribution in [0.3, 0.4) is 0 Å².